The van der Waals surface area contributed by atoms with Crippen molar-refractivity contribution in [2.75, 3.05) is 25.5 Å². The third-order valence-electron chi connectivity index (χ3n) is 1.84. The second-order valence-corrected chi connectivity index (χ2v) is 2.98. The molecule has 0 spiro atoms. The monoisotopic (exact) mass is 179 g/mol. The molecule has 0 bridgehead atoms. The lowest BCUT2D eigenvalue weighted by Crippen LogP contribution is -2.10. The molecule has 0 aliphatic carbocycles. The Morgan fingerprint density at radius 2 is 2.15 bits per heavy atom. The second-order valence-electron chi connectivity index (χ2n) is 2.98. The zero-order valence-corrected chi connectivity index (χ0v) is 8.09. The van der Waals surface area contributed by atoms with E-state index in [1.165, 1.54) is 12.8 Å². The first kappa shape index (κ1) is 9.99. The fourth-order valence-electron chi connectivity index (χ4n) is 1.13. The van der Waals surface area contributed by atoms with Gasteiger partial charge in [0.1, 0.15) is 0 Å². The highest BCUT2D eigenvalue weighted by Crippen LogP contribution is 2.02. The van der Waals surface area contributed by atoms with Crippen LogP contribution in [0.2, 0.25) is 0 Å². The lowest BCUT2D eigenvalue weighted by atomic mass is 10.3. The third-order valence-corrected chi connectivity index (χ3v) is 1.84. The summed E-state index contributed by atoms with van der Waals surface area (Å²) in [7, 11) is 1.98. The number of anilines is 1. The molecule has 0 saturated heterocycles. The highest BCUT2D eigenvalue weighted by Gasteiger charge is 1.89. The van der Waals surface area contributed by atoms with E-state index in [0.29, 0.717) is 0 Å². The Kier molecular flexibility index (Phi) is 4.94. The van der Waals surface area contributed by atoms with E-state index in [-0.39, 0.29) is 0 Å². The van der Waals surface area contributed by atoms with Crippen LogP contribution in [0.3, 0.4) is 0 Å². The molecule has 1 aromatic rings. The predicted molar refractivity (Wildman–Crippen MR) is 55.9 cm³/mol. The number of hydrogen-bond acceptors (Lipinski definition) is 3. The Morgan fingerprint density at radius 1 is 1.31 bits per heavy atom. The third kappa shape index (κ3) is 4.48. The van der Waals surface area contributed by atoms with E-state index in [2.05, 4.69) is 15.6 Å². The van der Waals surface area contributed by atoms with Crippen molar-refractivity contribution in [2.45, 2.75) is 12.8 Å². The highest BCUT2D eigenvalue weighted by atomic mass is 14.9. The number of pyridine rings is 1. The van der Waals surface area contributed by atoms with Gasteiger partial charge in [-0.3, -0.25) is 4.98 Å². The molecule has 0 amide bonds. The Balaban J connectivity index is 2.07. The topological polar surface area (TPSA) is 37.0 Å². The standard InChI is InChI=1S/C10H17N3/c1-11-6-2-3-8-13-10-5-4-7-12-9-10/h4-5,7,9,11,13H,2-3,6,8H2,1H3. The quantitative estimate of drug-likeness (QED) is 0.650. The molecule has 0 saturated carbocycles. The van der Waals surface area contributed by atoms with Gasteiger partial charge in [0.15, 0.2) is 0 Å². The van der Waals surface area contributed by atoms with Crippen molar-refractivity contribution in [1.82, 2.24) is 10.3 Å². The van der Waals surface area contributed by atoms with E-state index in [4.69, 9.17) is 0 Å². The van der Waals surface area contributed by atoms with E-state index in [1.807, 2.05) is 25.4 Å². The molecule has 1 heterocycles. The summed E-state index contributed by atoms with van der Waals surface area (Å²) in [6.07, 6.45) is 6.03. The van der Waals surface area contributed by atoms with Gasteiger partial charge in [0, 0.05) is 18.9 Å². The van der Waals surface area contributed by atoms with Gasteiger partial charge in [0.2, 0.25) is 0 Å². The minimum atomic E-state index is 1.02. The molecular weight excluding hydrogens is 162 g/mol. The lowest BCUT2D eigenvalue weighted by molar-refractivity contribution is 0.694. The zero-order chi connectivity index (χ0) is 9.36. The van der Waals surface area contributed by atoms with Gasteiger partial charge in [0.25, 0.3) is 0 Å². The first-order valence-corrected chi connectivity index (χ1v) is 4.72. The summed E-state index contributed by atoms with van der Waals surface area (Å²) in [4.78, 5) is 4.02. The molecule has 0 unspecified atom stereocenters. The minimum absolute atomic E-state index is 1.02. The molecule has 13 heavy (non-hydrogen) atoms. The van der Waals surface area contributed by atoms with Crippen LogP contribution < -0.4 is 10.6 Å². The second kappa shape index (κ2) is 6.43. The van der Waals surface area contributed by atoms with Crippen molar-refractivity contribution < 1.29 is 0 Å². The van der Waals surface area contributed by atoms with Gasteiger partial charge >= 0.3 is 0 Å². The number of unbranched alkanes of at least 4 members (excludes halogenated alkanes) is 1. The van der Waals surface area contributed by atoms with Crippen LogP contribution in [0.25, 0.3) is 0 Å². The largest absolute Gasteiger partial charge is 0.384 e. The SMILES string of the molecule is CNCCCCNc1cccnc1. The maximum atomic E-state index is 4.02. The predicted octanol–water partition coefficient (Wildman–Crippen LogP) is 1.49. The van der Waals surface area contributed by atoms with E-state index >= 15 is 0 Å². The van der Waals surface area contributed by atoms with Crippen LogP contribution in [0.15, 0.2) is 24.5 Å². The minimum Gasteiger partial charge on any atom is -0.384 e. The summed E-state index contributed by atoms with van der Waals surface area (Å²) in [6.45, 7) is 2.11. The lowest BCUT2D eigenvalue weighted by Gasteiger charge is -2.04. The molecule has 3 heteroatoms. The van der Waals surface area contributed by atoms with Crippen LogP contribution in [0.4, 0.5) is 5.69 Å². The van der Waals surface area contributed by atoms with E-state index < -0.39 is 0 Å². The number of nitrogens with zero attached hydrogens (tertiary/aromatic N) is 1. The van der Waals surface area contributed by atoms with E-state index in [0.717, 1.165) is 18.8 Å². The Morgan fingerprint density at radius 3 is 2.85 bits per heavy atom. The maximum Gasteiger partial charge on any atom is 0.0526 e. The first-order chi connectivity index (χ1) is 6.43. The van der Waals surface area contributed by atoms with Gasteiger partial charge in [-0.15, -0.1) is 0 Å². The van der Waals surface area contributed by atoms with Crippen LogP contribution in [0.5, 0.6) is 0 Å². The summed E-state index contributed by atoms with van der Waals surface area (Å²) < 4.78 is 0. The fourth-order valence-corrected chi connectivity index (χ4v) is 1.13. The number of nitrogens with one attached hydrogen (secondary N) is 2. The molecular formula is C10H17N3. The molecule has 0 aliphatic heterocycles. The molecule has 0 radical (unpaired) electrons. The van der Waals surface area contributed by atoms with Crippen molar-refractivity contribution in [3.05, 3.63) is 24.5 Å². The molecule has 0 fully saturated rings. The smallest absolute Gasteiger partial charge is 0.0526 e. The van der Waals surface area contributed by atoms with Crippen molar-refractivity contribution in [3.63, 3.8) is 0 Å². The fraction of sp³-hybridized carbons (Fsp3) is 0.500. The van der Waals surface area contributed by atoms with Gasteiger partial charge in [0.05, 0.1) is 5.69 Å². The molecule has 1 aromatic heterocycles. The molecule has 1 rings (SSSR count). The molecule has 3 nitrogen and oxygen atoms in total. The molecule has 72 valence electrons. The zero-order valence-electron chi connectivity index (χ0n) is 8.09. The molecule has 2 N–H and O–H groups in total. The van der Waals surface area contributed by atoms with Gasteiger partial charge in [-0.2, -0.15) is 0 Å². The Bertz CT molecular complexity index is 211. The number of rotatable bonds is 6. The summed E-state index contributed by atoms with van der Waals surface area (Å²) in [5.41, 5.74) is 1.10. The van der Waals surface area contributed by atoms with Crippen LogP contribution in [0.1, 0.15) is 12.8 Å². The molecule has 0 aliphatic rings. The summed E-state index contributed by atoms with van der Waals surface area (Å²) in [6, 6.07) is 3.97. The number of aromatic nitrogens is 1. The molecule has 0 atom stereocenters. The van der Waals surface area contributed by atoms with Crippen molar-refractivity contribution in [3.8, 4) is 0 Å². The maximum absolute atomic E-state index is 4.02. The van der Waals surface area contributed by atoms with Gasteiger partial charge in [-0.25, -0.2) is 0 Å². The Labute approximate surface area is 79.6 Å². The van der Waals surface area contributed by atoms with Crippen molar-refractivity contribution in [2.24, 2.45) is 0 Å². The number of hydrogen-bond donors (Lipinski definition) is 2. The van der Waals surface area contributed by atoms with Crippen LogP contribution in [0, 0.1) is 0 Å². The molecule has 0 aromatic carbocycles. The average Bonchev–Trinajstić information content (AvgIpc) is 2.19. The highest BCUT2D eigenvalue weighted by molar-refractivity contribution is 5.39. The van der Waals surface area contributed by atoms with Crippen LogP contribution in [-0.2, 0) is 0 Å². The van der Waals surface area contributed by atoms with E-state index in [9.17, 15) is 0 Å². The summed E-state index contributed by atoms with van der Waals surface area (Å²) in [5.74, 6) is 0. The van der Waals surface area contributed by atoms with Gasteiger partial charge in [-0.05, 0) is 38.6 Å². The normalized spacial score (nSPS) is 9.92. The van der Waals surface area contributed by atoms with E-state index in [1.54, 1.807) is 6.20 Å². The first-order valence-electron chi connectivity index (χ1n) is 4.72. The average molecular weight is 179 g/mol. The van der Waals surface area contributed by atoms with Crippen LogP contribution in [-0.4, -0.2) is 25.1 Å². The van der Waals surface area contributed by atoms with Crippen molar-refractivity contribution >= 4 is 5.69 Å². The summed E-state index contributed by atoms with van der Waals surface area (Å²) in [5, 5.41) is 6.44. The van der Waals surface area contributed by atoms with Crippen molar-refractivity contribution in [1.29, 1.82) is 0 Å². The summed E-state index contributed by atoms with van der Waals surface area (Å²) >= 11 is 0. The van der Waals surface area contributed by atoms with Gasteiger partial charge in [-0.1, -0.05) is 0 Å². The van der Waals surface area contributed by atoms with Gasteiger partial charge < -0.3 is 10.6 Å². The van der Waals surface area contributed by atoms with Crippen LogP contribution >= 0.6 is 0 Å². The Hall–Kier alpha value is -1.09.